The van der Waals surface area contributed by atoms with Crippen molar-refractivity contribution < 1.29 is 22.7 Å². The van der Waals surface area contributed by atoms with E-state index in [-0.39, 0.29) is 15.3 Å². The fourth-order valence-electron chi connectivity index (χ4n) is 4.40. The number of esters is 1. The Morgan fingerprint density at radius 1 is 1.00 bits per heavy atom. The van der Waals surface area contributed by atoms with Gasteiger partial charge in [-0.05, 0) is 54.2 Å². The first-order valence-corrected chi connectivity index (χ1v) is 13.6. The average Bonchev–Trinajstić information content (AvgIpc) is 3.27. The van der Waals surface area contributed by atoms with Gasteiger partial charge in [-0.15, -0.1) is 11.3 Å². The van der Waals surface area contributed by atoms with Gasteiger partial charge in [0.25, 0.3) is 5.91 Å². The number of piperidine rings is 1. The Labute approximate surface area is 209 Å². The summed E-state index contributed by atoms with van der Waals surface area (Å²) < 4.78 is 32.6. The Balaban J connectivity index is 1.55. The summed E-state index contributed by atoms with van der Waals surface area (Å²) in [6.45, 7) is 5.10. The van der Waals surface area contributed by atoms with Gasteiger partial charge >= 0.3 is 5.97 Å². The third kappa shape index (κ3) is 5.47. The first-order chi connectivity index (χ1) is 16.7. The Bertz CT molecular complexity index is 1310. The maximum Gasteiger partial charge on any atom is 0.350 e. The topological polar surface area (TPSA) is 92.8 Å². The third-order valence-corrected chi connectivity index (χ3v) is 9.01. The molecule has 1 aromatic heterocycles. The number of rotatable bonds is 6. The predicted octanol–water partition coefficient (Wildman–Crippen LogP) is 5.12. The van der Waals surface area contributed by atoms with Crippen LogP contribution in [0.4, 0.5) is 5.69 Å². The lowest BCUT2D eigenvalue weighted by Crippen LogP contribution is -2.42. The zero-order valence-corrected chi connectivity index (χ0v) is 21.5. The molecule has 4 rings (SSSR count). The molecule has 0 saturated carbocycles. The molecule has 1 aliphatic rings. The van der Waals surface area contributed by atoms with E-state index in [2.05, 4.69) is 19.2 Å². The van der Waals surface area contributed by atoms with Gasteiger partial charge in [0.1, 0.15) is 4.88 Å². The molecule has 184 valence electrons. The van der Waals surface area contributed by atoms with Crippen molar-refractivity contribution in [1.29, 1.82) is 0 Å². The van der Waals surface area contributed by atoms with Crippen LogP contribution in [0.15, 0.2) is 65.6 Å². The molecule has 7 nitrogen and oxygen atoms in total. The number of hydrogen-bond acceptors (Lipinski definition) is 6. The van der Waals surface area contributed by atoms with Gasteiger partial charge in [-0.3, -0.25) is 4.79 Å². The quantitative estimate of drug-likeness (QED) is 0.463. The monoisotopic (exact) mass is 512 g/mol. The summed E-state index contributed by atoms with van der Waals surface area (Å²) in [7, 11) is -2.35. The molecule has 0 unspecified atom stereocenters. The zero-order valence-electron chi connectivity index (χ0n) is 19.9. The number of benzene rings is 2. The molecule has 2 heterocycles. The highest BCUT2D eigenvalue weighted by Gasteiger charge is 2.31. The number of hydrogen-bond donors (Lipinski definition) is 1. The molecule has 1 saturated heterocycles. The van der Waals surface area contributed by atoms with Crippen molar-refractivity contribution in [3.8, 4) is 10.4 Å². The fourth-order valence-corrected chi connectivity index (χ4v) is 7.11. The third-order valence-electron chi connectivity index (χ3n) is 6.00. The second kappa shape index (κ2) is 10.3. The maximum atomic E-state index is 13.1. The van der Waals surface area contributed by atoms with Crippen molar-refractivity contribution in [1.82, 2.24) is 4.31 Å². The van der Waals surface area contributed by atoms with Crippen LogP contribution in [0.25, 0.3) is 10.4 Å². The normalized spacial score (nSPS) is 18.7. The minimum atomic E-state index is -3.64. The lowest BCUT2D eigenvalue weighted by atomic mass is 9.94. The average molecular weight is 513 g/mol. The van der Waals surface area contributed by atoms with Crippen LogP contribution in [0.1, 0.15) is 40.3 Å². The Morgan fingerprint density at radius 3 is 2.23 bits per heavy atom. The first kappa shape index (κ1) is 25.1. The number of methoxy groups -OCH3 is 1. The number of carbonyl (C=O) groups excluding carboxylic acids is 2. The molecule has 35 heavy (non-hydrogen) atoms. The molecule has 1 amide bonds. The van der Waals surface area contributed by atoms with E-state index in [1.165, 1.54) is 47.0 Å². The number of carbonyl (C=O) groups is 2. The Kier molecular flexibility index (Phi) is 7.39. The summed E-state index contributed by atoms with van der Waals surface area (Å²) in [6.07, 6.45) is 1.01. The van der Waals surface area contributed by atoms with Crippen LogP contribution in [0.3, 0.4) is 0 Å². The van der Waals surface area contributed by atoms with Gasteiger partial charge in [0.2, 0.25) is 10.0 Å². The van der Waals surface area contributed by atoms with Crippen LogP contribution in [-0.4, -0.2) is 44.8 Å². The van der Waals surface area contributed by atoms with E-state index in [4.69, 9.17) is 4.74 Å². The minimum Gasteiger partial charge on any atom is -0.465 e. The van der Waals surface area contributed by atoms with Gasteiger partial charge in [0, 0.05) is 23.5 Å². The molecule has 0 bridgehead atoms. The van der Waals surface area contributed by atoms with Crippen molar-refractivity contribution >= 4 is 38.9 Å². The van der Waals surface area contributed by atoms with Gasteiger partial charge in [-0.2, -0.15) is 4.31 Å². The molecule has 1 aliphatic heterocycles. The van der Waals surface area contributed by atoms with Crippen molar-refractivity contribution in [2.45, 2.75) is 25.2 Å². The molecule has 0 radical (unpaired) electrons. The van der Waals surface area contributed by atoms with Crippen LogP contribution in [0, 0.1) is 11.8 Å². The summed E-state index contributed by atoms with van der Waals surface area (Å²) in [4.78, 5) is 26.5. The van der Waals surface area contributed by atoms with Crippen LogP contribution in [0.5, 0.6) is 0 Å². The van der Waals surface area contributed by atoms with E-state index in [0.29, 0.717) is 30.6 Å². The zero-order chi connectivity index (χ0) is 25.2. The van der Waals surface area contributed by atoms with Crippen LogP contribution >= 0.6 is 11.3 Å². The molecule has 1 fully saturated rings. The van der Waals surface area contributed by atoms with Gasteiger partial charge in [-0.1, -0.05) is 44.2 Å². The second-order valence-corrected chi connectivity index (χ2v) is 11.9. The second-order valence-electron chi connectivity index (χ2n) is 8.96. The van der Waals surface area contributed by atoms with Crippen molar-refractivity contribution in [3.63, 3.8) is 0 Å². The highest BCUT2D eigenvalue weighted by Crippen LogP contribution is 2.35. The molecule has 9 heteroatoms. The van der Waals surface area contributed by atoms with Crippen molar-refractivity contribution in [2.24, 2.45) is 11.8 Å². The van der Waals surface area contributed by atoms with Crippen molar-refractivity contribution in [3.05, 3.63) is 71.1 Å². The Morgan fingerprint density at radius 2 is 1.63 bits per heavy atom. The van der Waals surface area contributed by atoms with E-state index in [0.717, 1.165) is 16.9 Å². The number of anilines is 1. The highest BCUT2D eigenvalue weighted by molar-refractivity contribution is 7.89. The SMILES string of the molecule is COC(=O)c1sc(-c2ccccc2)cc1NC(=O)c1ccc(S(=O)(=O)N2C[C@@H](C)C[C@H](C)C2)cc1. The van der Waals surface area contributed by atoms with Crippen molar-refractivity contribution in [2.75, 3.05) is 25.5 Å². The number of thiophene rings is 1. The van der Waals surface area contributed by atoms with Crippen LogP contribution < -0.4 is 5.32 Å². The van der Waals surface area contributed by atoms with E-state index in [1.807, 2.05) is 30.3 Å². The lowest BCUT2D eigenvalue weighted by Gasteiger charge is -2.34. The lowest BCUT2D eigenvalue weighted by molar-refractivity contribution is 0.0607. The van der Waals surface area contributed by atoms with Gasteiger partial charge in [0.05, 0.1) is 17.7 Å². The Hall–Kier alpha value is -3.01. The number of ether oxygens (including phenoxy) is 1. The predicted molar refractivity (Wildman–Crippen MR) is 137 cm³/mol. The first-order valence-electron chi connectivity index (χ1n) is 11.4. The molecule has 3 aromatic rings. The number of amides is 1. The smallest absolute Gasteiger partial charge is 0.350 e. The molecule has 2 aromatic carbocycles. The maximum absolute atomic E-state index is 13.1. The highest BCUT2D eigenvalue weighted by atomic mass is 32.2. The standard InChI is InChI=1S/C26H28N2O5S2/c1-17-13-18(2)16-28(15-17)35(31,32)21-11-9-20(10-12-21)25(29)27-22-14-23(19-7-5-4-6-8-19)34-24(22)26(30)33-3/h4-12,14,17-18H,13,15-16H2,1-3H3,(H,27,29)/t17-,18-/m0/s1. The summed E-state index contributed by atoms with van der Waals surface area (Å²) in [6, 6.07) is 17.2. The summed E-state index contributed by atoms with van der Waals surface area (Å²) in [5, 5.41) is 2.78. The summed E-state index contributed by atoms with van der Waals surface area (Å²) in [5.74, 6) is -0.390. The molecular weight excluding hydrogens is 484 g/mol. The van der Waals surface area contributed by atoms with Crippen LogP contribution in [-0.2, 0) is 14.8 Å². The molecule has 2 atom stereocenters. The minimum absolute atomic E-state index is 0.160. The van der Waals surface area contributed by atoms with E-state index in [9.17, 15) is 18.0 Å². The van der Waals surface area contributed by atoms with Gasteiger partial charge in [0.15, 0.2) is 0 Å². The van der Waals surface area contributed by atoms with E-state index >= 15 is 0 Å². The molecule has 1 N–H and O–H groups in total. The molecular formula is C26H28N2O5S2. The van der Waals surface area contributed by atoms with Crippen LogP contribution in [0.2, 0.25) is 0 Å². The molecule has 0 spiro atoms. The van der Waals surface area contributed by atoms with Gasteiger partial charge in [-0.25, -0.2) is 13.2 Å². The summed E-state index contributed by atoms with van der Waals surface area (Å²) in [5.41, 5.74) is 1.55. The van der Waals surface area contributed by atoms with E-state index in [1.54, 1.807) is 6.07 Å². The van der Waals surface area contributed by atoms with Gasteiger partial charge < -0.3 is 10.1 Å². The largest absolute Gasteiger partial charge is 0.465 e. The number of sulfonamides is 1. The van der Waals surface area contributed by atoms with E-state index < -0.39 is 21.9 Å². The number of nitrogens with one attached hydrogen (secondary N) is 1. The number of nitrogens with zero attached hydrogens (tertiary/aromatic N) is 1. The summed E-state index contributed by atoms with van der Waals surface area (Å²) >= 11 is 1.23. The molecule has 0 aliphatic carbocycles. The fraction of sp³-hybridized carbons (Fsp3) is 0.308.